The molecule has 0 saturated carbocycles. The van der Waals surface area contributed by atoms with Crippen LogP contribution in [0.15, 0.2) is 24.3 Å². The Morgan fingerprint density at radius 3 is 3.06 bits per heavy atom. The molecule has 1 saturated heterocycles. The summed E-state index contributed by atoms with van der Waals surface area (Å²) in [6, 6.07) is 7.92. The number of piperidine rings is 1. The topological polar surface area (TPSA) is 53.2 Å². The minimum Gasteiger partial charge on any atom is -0.334 e. The summed E-state index contributed by atoms with van der Waals surface area (Å²) in [4.78, 5) is 11.7. The fourth-order valence-corrected chi connectivity index (χ4v) is 2.05. The summed E-state index contributed by atoms with van der Waals surface area (Å²) in [5, 5.41) is 9.10. The van der Waals surface area contributed by atoms with Gasteiger partial charge in [-0.15, -0.1) is 0 Å². The SMILES string of the molecule is Cc1cccc(NC(=O)N[C@@H]2CCCNC2)c1. The molecule has 0 bridgehead atoms. The number of urea groups is 1. The highest BCUT2D eigenvalue weighted by Crippen LogP contribution is 2.09. The normalized spacial score (nSPS) is 19.7. The third-order valence-corrected chi connectivity index (χ3v) is 2.91. The van der Waals surface area contributed by atoms with Gasteiger partial charge in [-0.25, -0.2) is 4.79 Å². The molecule has 1 atom stereocenters. The zero-order valence-corrected chi connectivity index (χ0v) is 10.1. The largest absolute Gasteiger partial charge is 0.334 e. The predicted octanol–water partition coefficient (Wildman–Crippen LogP) is 1.87. The van der Waals surface area contributed by atoms with Gasteiger partial charge in [-0.3, -0.25) is 0 Å². The number of carbonyl (C=O) groups excluding carboxylic acids is 1. The number of amides is 2. The van der Waals surface area contributed by atoms with Gasteiger partial charge in [-0.2, -0.15) is 0 Å². The average molecular weight is 233 g/mol. The summed E-state index contributed by atoms with van der Waals surface area (Å²) in [5.74, 6) is 0. The molecular formula is C13H19N3O. The monoisotopic (exact) mass is 233 g/mol. The quantitative estimate of drug-likeness (QED) is 0.730. The summed E-state index contributed by atoms with van der Waals surface area (Å²) in [6.45, 7) is 3.92. The van der Waals surface area contributed by atoms with E-state index < -0.39 is 0 Å². The number of benzene rings is 1. The van der Waals surface area contributed by atoms with Crippen LogP contribution in [-0.2, 0) is 0 Å². The van der Waals surface area contributed by atoms with Crippen molar-refractivity contribution in [3.8, 4) is 0 Å². The van der Waals surface area contributed by atoms with Crippen LogP contribution in [-0.4, -0.2) is 25.2 Å². The van der Waals surface area contributed by atoms with Gasteiger partial charge in [-0.1, -0.05) is 12.1 Å². The van der Waals surface area contributed by atoms with Crippen LogP contribution in [0.3, 0.4) is 0 Å². The molecule has 0 aromatic heterocycles. The fourth-order valence-electron chi connectivity index (χ4n) is 2.05. The molecule has 4 heteroatoms. The van der Waals surface area contributed by atoms with Crippen molar-refractivity contribution in [2.75, 3.05) is 18.4 Å². The molecule has 92 valence electrons. The van der Waals surface area contributed by atoms with Crippen LogP contribution in [0.4, 0.5) is 10.5 Å². The van der Waals surface area contributed by atoms with E-state index in [0.717, 1.165) is 37.2 Å². The zero-order chi connectivity index (χ0) is 12.1. The van der Waals surface area contributed by atoms with E-state index in [0.29, 0.717) is 0 Å². The van der Waals surface area contributed by atoms with Gasteiger partial charge < -0.3 is 16.0 Å². The Hall–Kier alpha value is -1.55. The first-order valence-corrected chi connectivity index (χ1v) is 6.09. The minimum absolute atomic E-state index is 0.121. The smallest absolute Gasteiger partial charge is 0.319 e. The summed E-state index contributed by atoms with van der Waals surface area (Å²) < 4.78 is 0. The molecule has 0 unspecified atom stereocenters. The molecule has 1 heterocycles. The van der Waals surface area contributed by atoms with Crippen molar-refractivity contribution in [3.63, 3.8) is 0 Å². The van der Waals surface area contributed by atoms with Crippen LogP contribution >= 0.6 is 0 Å². The molecule has 1 aliphatic heterocycles. The first-order valence-electron chi connectivity index (χ1n) is 6.09. The third kappa shape index (κ3) is 3.75. The van der Waals surface area contributed by atoms with Gasteiger partial charge in [-0.05, 0) is 44.0 Å². The van der Waals surface area contributed by atoms with Gasteiger partial charge in [0.05, 0.1) is 0 Å². The molecule has 1 aliphatic rings. The highest BCUT2D eigenvalue weighted by Gasteiger charge is 2.14. The van der Waals surface area contributed by atoms with Crippen LogP contribution < -0.4 is 16.0 Å². The van der Waals surface area contributed by atoms with E-state index in [2.05, 4.69) is 16.0 Å². The van der Waals surface area contributed by atoms with Crippen molar-refractivity contribution >= 4 is 11.7 Å². The van der Waals surface area contributed by atoms with Crippen molar-refractivity contribution in [2.24, 2.45) is 0 Å². The van der Waals surface area contributed by atoms with Gasteiger partial charge in [0.15, 0.2) is 0 Å². The maximum atomic E-state index is 11.7. The Balaban J connectivity index is 1.84. The molecule has 0 aliphatic carbocycles. The first kappa shape index (κ1) is 11.9. The summed E-state index contributed by atoms with van der Waals surface area (Å²) in [5.41, 5.74) is 1.98. The van der Waals surface area contributed by atoms with E-state index in [-0.39, 0.29) is 12.1 Å². The lowest BCUT2D eigenvalue weighted by Gasteiger charge is -2.23. The average Bonchev–Trinajstić information content (AvgIpc) is 2.30. The number of rotatable bonds is 2. The number of anilines is 1. The summed E-state index contributed by atoms with van der Waals surface area (Å²) in [6.07, 6.45) is 2.17. The second-order valence-corrected chi connectivity index (χ2v) is 4.51. The van der Waals surface area contributed by atoms with Crippen LogP contribution in [0.1, 0.15) is 18.4 Å². The number of carbonyl (C=O) groups is 1. The van der Waals surface area contributed by atoms with Crippen molar-refractivity contribution in [1.82, 2.24) is 10.6 Å². The Labute approximate surface area is 102 Å². The molecule has 0 spiro atoms. The molecule has 0 radical (unpaired) electrons. The summed E-state index contributed by atoms with van der Waals surface area (Å²) in [7, 11) is 0. The minimum atomic E-state index is -0.121. The van der Waals surface area contributed by atoms with Gasteiger partial charge in [0.25, 0.3) is 0 Å². The fraction of sp³-hybridized carbons (Fsp3) is 0.462. The van der Waals surface area contributed by atoms with Gasteiger partial charge >= 0.3 is 6.03 Å². The predicted molar refractivity (Wildman–Crippen MR) is 69.2 cm³/mol. The molecule has 1 aromatic rings. The molecule has 1 aromatic carbocycles. The number of hydrogen-bond donors (Lipinski definition) is 3. The lowest BCUT2D eigenvalue weighted by atomic mass is 10.1. The highest BCUT2D eigenvalue weighted by atomic mass is 16.2. The molecule has 2 amide bonds. The van der Waals surface area contributed by atoms with Crippen molar-refractivity contribution < 1.29 is 4.79 Å². The third-order valence-electron chi connectivity index (χ3n) is 2.91. The van der Waals surface area contributed by atoms with E-state index in [1.165, 1.54) is 0 Å². The van der Waals surface area contributed by atoms with Crippen LogP contribution in [0.2, 0.25) is 0 Å². The Bertz CT molecular complexity index is 386. The molecule has 4 nitrogen and oxygen atoms in total. The standard InChI is InChI=1S/C13H19N3O/c1-10-4-2-5-11(8-10)15-13(17)16-12-6-3-7-14-9-12/h2,4-5,8,12,14H,3,6-7,9H2,1H3,(H2,15,16,17)/t12-/m1/s1. The van der Waals surface area contributed by atoms with E-state index in [4.69, 9.17) is 0 Å². The second kappa shape index (κ2) is 5.68. The highest BCUT2D eigenvalue weighted by molar-refractivity contribution is 5.89. The molecule has 3 N–H and O–H groups in total. The van der Waals surface area contributed by atoms with Gasteiger partial charge in [0, 0.05) is 18.3 Å². The molecule has 1 fully saturated rings. The molecule has 17 heavy (non-hydrogen) atoms. The Morgan fingerprint density at radius 1 is 1.47 bits per heavy atom. The Kier molecular flexibility index (Phi) is 3.98. The van der Waals surface area contributed by atoms with Crippen molar-refractivity contribution in [1.29, 1.82) is 0 Å². The second-order valence-electron chi connectivity index (χ2n) is 4.51. The number of nitrogens with one attached hydrogen (secondary N) is 3. The summed E-state index contributed by atoms with van der Waals surface area (Å²) >= 11 is 0. The zero-order valence-electron chi connectivity index (χ0n) is 10.1. The molecule has 2 rings (SSSR count). The van der Waals surface area contributed by atoms with Crippen molar-refractivity contribution in [3.05, 3.63) is 29.8 Å². The van der Waals surface area contributed by atoms with E-state index in [9.17, 15) is 4.79 Å². The van der Waals surface area contributed by atoms with E-state index in [1.54, 1.807) is 0 Å². The Morgan fingerprint density at radius 2 is 2.35 bits per heavy atom. The first-order chi connectivity index (χ1) is 8.24. The van der Waals surface area contributed by atoms with Crippen LogP contribution in [0.25, 0.3) is 0 Å². The van der Waals surface area contributed by atoms with Gasteiger partial charge in [0.1, 0.15) is 0 Å². The van der Waals surface area contributed by atoms with E-state index >= 15 is 0 Å². The number of hydrogen-bond acceptors (Lipinski definition) is 2. The lowest BCUT2D eigenvalue weighted by molar-refractivity contribution is 0.245. The van der Waals surface area contributed by atoms with Gasteiger partial charge in [0.2, 0.25) is 0 Å². The maximum Gasteiger partial charge on any atom is 0.319 e. The van der Waals surface area contributed by atoms with Crippen LogP contribution in [0.5, 0.6) is 0 Å². The lowest BCUT2D eigenvalue weighted by Crippen LogP contribution is -2.47. The van der Waals surface area contributed by atoms with E-state index in [1.807, 2.05) is 31.2 Å². The number of aryl methyl sites for hydroxylation is 1. The van der Waals surface area contributed by atoms with Crippen molar-refractivity contribution in [2.45, 2.75) is 25.8 Å². The van der Waals surface area contributed by atoms with Crippen LogP contribution in [0, 0.1) is 6.92 Å². The maximum absolute atomic E-state index is 11.7. The molecular weight excluding hydrogens is 214 g/mol.